The van der Waals surface area contributed by atoms with E-state index in [9.17, 15) is 9.90 Å². The number of methoxy groups -OCH3 is 2. The zero-order chi connectivity index (χ0) is 17.4. The van der Waals surface area contributed by atoms with Crippen molar-refractivity contribution in [2.24, 2.45) is 0 Å². The Kier molecular flexibility index (Phi) is 4.95. The monoisotopic (exact) mass is 370 g/mol. The maximum Gasteiger partial charge on any atom is 0.302 e. The Hall–Kier alpha value is -1.05. The van der Waals surface area contributed by atoms with Crippen molar-refractivity contribution in [2.75, 3.05) is 32.3 Å². The summed E-state index contributed by atoms with van der Waals surface area (Å²) in [5.74, 6) is 3.19. The number of fused-ring (bicyclic) bond motifs is 2. The molecule has 5 nitrogen and oxygen atoms in total. The first-order valence-corrected chi connectivity index (χ1v) is 9.78. The predicted octanol–water partition coefficient (Wildman–Crippen LogP) is 2.58. The lowest BCUT2D eigenvalue weighted by atomic mass is 9.79. The van der Waals surface area contributed by atoms with Gasteiger partial charge < -0.3 is 19.3 Å². The molecule has 1 aliphatic heterocycles. The number of thioether (sulfide) groups is 2. The molecule has 1 atom stereocenters. The van der Waals surface area contributed by atoms with Crippen molar-refractivity contribution in [2.45, 2.75) is 29.4 Å². The highest BCUT2D eigenvalue weighted by molar-refractivity contribution is 8.20. The van der Waals surface area contributed by atoms with Crippen molar-refractivity contribution in [3.63, 3.8) is 0 Å². The fraction of sp³-hybridized carbons (Fsp3) is 0.588. The summed E-state index contributed by atoms with van der Waals surface area (Å²) in [5, 5.41) is 11.2. The summed E-state index contributed by atoms with van der Waals surface area (Å²) in [5.41, 5.74) is 0.937. The third-order valence-corrected chi connectivity index (χ3v) is 7.83. The zero-order valence-electron chi connectivity index (χ0n) is 14.1. The summed E-state index contributed by atoms with van der Waals surface area (Å²) in [4.78, 5) is 11.2. The molecular weight excluding hydrogens is 348 g/mol. The molecule has 1 heterocycles. The van der Waals surface area contributed by atoms with Crippen molar-refractivity contribution in [1.82, 2.24) is 0 Å². The molecule has 24 heavy (non-hydrogen) atoms. The van der Waals surface area contributed by atoms with Crippen LogP contribution in [0.1, 0.15) is 24.5 Å². The van der Waals surface area contributed by atoms with Gasteiger partial charge in [-0.2, -0.15) is 0 Å². The van der Waals surface area contributed by atoms with E-state index in [1.54, 1.807) is 14.2 Å². The SMILES string of the molecule is COc1ccc(OC)c2c1C[C@@](O)(COC(C)=O)CC21SCCS1. The van der Waals surface area contributed by atoms with Crippen LogP contribution in [0.4, 0.5) is 0 Å². The van der Waals surface area contributed by atoms with Gasteiger partial charge in [0.2, 0.25) is 0 Å². The molecule has 0 bridgehead atoms. The van der Waals surface area contributed by atoms with Gasteiger partial charge in [-0.05, 0) is 12.1 Å². The molecule has 7 heteroatoms. The third-order valence-electron chi connectivity index (χ3n) is 4.42. The highest BCUT2D eigenvalue weighted by Crippen LogP contribution is 2.62. The smallest absolute Gasteiger partial charge is 0.302 e. The molecule has 1 aromatic carbocycles. The first-order valence-electron chi connectivity index (χ1n) is 7.81. The van der Waals surface area contributed by atoms with Gasteiger partial charge in [0, 0.05) is 42.4 Å². The van der Waals surface area contributed by atoms with Crippen LogP contribution in [-0.4, -0.2) is 49.0 Å². The molecule has 0 radical (unpaired) electrons. The predicted molar refractivity (Wildman–Crippen MR) is 96.0 cm³/mol. The van der Waals surface area contributed by atoms with Crippen molar-refractivity contribution in [3.8, 4) is 11.5 Å². The molecule has 0 aromatic heterocycles. The average molecular weight is 370 g/mol. The fourth-order valence-electron chi connectivity index (χ4n) is 3.51. The molecule has 0 saturated carbocycles. The van der Waals surface area contributed by atoms with E-state index in [2.05, 4.69) is 0 Å². The maximum absolute atomic E-state index is 11.2. The van der Waals surface area contributed by atoms with Gasteiger partial charge in [-0.25, -0.2) is 0 Å². The van der Waals surface area contributed by atoms with E-state index >= 15 is 0 Å². The van der Waals surface area contributed by atoms with Crippen LogP contribution >= 0.6 is 23.5 Å². The Morgan fingerprint density at radius 3 is 2.42 bits per heavy atom. The van der Waals surface area contributed by atoms with Crippen molar-refractivity contribution < 1.29 is 24.1 Å². The van der Waals surface area contributed by atoms with Gasteiger partial charge >= 0.3 is 5.97 Å². The van der Waals surface area contributed by atoms with E-state index in [1.807, 2.05) is 35.7 Å². The third kappa shape index (κ3) is 3.09. The number of hydrogen-bond acceptors (Lipinski definition) is 7. The Morgan fingerprint density at radius 2 is 1.83 bits per heavy atom. The van der Waals surface area contributed by atoms with Crippen LogP contribution in [0.15, 0.2) is 12.1 Å². The molecule has 0 amide bonds. The lowest BCUT2D eigenvalue weighted by Crippen LogP contribution is -2.46. The second-order valence-electron chi connectivity index (χ2n) is 6.13. The number of carbonyl (C=O) groups excluding carboxylic acids is 1. The summed E-state index contributed by atoms with van der Waals surface area (Å²) < 4.78 is 16.0. The molecule has 1 aliphatic carbocycles. The van der Waals surface area contributed by atoms with Gasteiger partial charge in [0.1, 0.15) is 23.7 Å². The van der Waals surface area contributed by atoms with Crippen LogP contribution < -0.4 is 9.47 Å². The van der Waals surface area contributed by atoms with Gasteiger partial charge in [-0.3, -0.25) is 4.79 Å². The van der Waals surface area contributed by atoms with Crippen LogP contribution in [0.3, 0.4) is 0 Å². The van der Waals surface area contributed by atoms with E-state index in [1.165, 1.54) is 6.92 Å². The van der Waals surface area contributed by atoms with Crippen LogP contribution in [-0.2, 0) is 20.0 Å². The first-order chi connectivity index (χ1) is 11.4. The topological polar surface area (TPSA) is 65.0 Å². The minimum absolute atomic E-state index is 0.00892. The first kappa shape index (κ1) is 17.8. The number of benzene rings is 1. The number of carbonyl (C=O) groups is 1. The Morgan fingerprint density at radius 1 is 1.21 bits per heavy atom. The van der Waals surface area contributed by atoms with Gasteiger partial charge in [0.15, 0.2) is 0 Å². The van der Waals surface area contributed by atoms with Gasteiger partial charge in [0.05, 0.1) is 18.3 Å². The molecule has 1 saturated heterocycles. The summed E-state index contributed by atoms with van der Waals surface area (Å²) in [6.45, 7) is 1.35. The minimum atomic E-state index is -1.11. The molecule has 1 spiro atoms. The van der Waals surface area contributed by atoms with Crippen molar-refractivity contribution in [3.05, 3.63) is 23.3 Å². The minimum Gasteiger partial charge on any atom is -0.496 e. The Bertz CT molecular complexity index is 642. The van der Waals surface area contributed by atoms with Gasteiger partial charge in [0.25, 0.3) is 0 Å². The van der Waals surface area contributed by atoms with Crippen molar-refractivity contribution >= 4 is 29.5 Å². The molecule has 1 aromatic rings. The molecule has 1 N–H and O–H groups in total. The average Bonchev–Trinajstić information content (AvgIpc) is 3.00. The van der Waals surface area contributed by atoms with E-state index in [4.69, 9.17) is 14.2 Å². The summed E-state index contributed by atoms with van der Waals surface area (Å²) in [6, 6.07) is 3.79. The molecular formula is C17H22O5S2. The lowest BCUT2D eigenvalue weighted by Gasteiger charge is -2.44. The van der Waals surface area contributed by atoms with E-state index in [0.717, 1.165) is 34.1 Å². The largest absolute Gasteiger partial charge is 0.496 e. The quantitative estimate of drug-likeness (QED) is 0.817. The van der Waals surface area contributed by atoms with Crippen LogP contribution in [0.2, 0.25) is 0 Å². The van der Waals surface area contributed by atoms with Gasteiger partial charge in [-0.1, -0.05) is 0 Å². The zero-order valence-corrected chi connectivity index (χ0v) is 15.7. The molecule has 132 valence electrons. The Labute approximate surface area is 150 Å². The number of esters is 1. The van der Waals surface area contributed by atoms with E-state index in [0.29, 0.717) is 12.8 Å². The highest BCUT2D eigenvalue weighted by Gasteiger charge is 2.52. The summed E-state index contributed by atoms with van der Waals surface area (Å²) in [7, 11) is 3.29. The fourth-order valence-corrected chi connectivity index (χ4v) is 7.15. The molecule has 0 unspecified atom stereocenters. The molecule has 3 rings (SSSR count). The number of ether oxygens (including phenoxy) is 3. The standard InChI is InChI=1S/C17H22O5S2/c1-11(18)22-10-16(19)8-12-13(20-2)4-5-14(21-3)15(12)17(9-16)23-6-7-24-17/h4-5,19H,6-10H2,1-3H3/t16-/m0/s1. The van der Waals surface area contributed by atoms with Crippen molar-refractivity contribution in [1.29, 1.82) is 0 Å². The second kappa shape index (κ2) is 6.69. The molecule has 2 aliphatic rings. The number of aliphatic hydroxyl groups is 1. The number of rotatable bonds is 4. The highest BCUT2D eigenvalue weighted by atomic mass is 32.2. The van der Waals surface area contributed by atoms with Crippen LogP contribution in [0, 0.1) is 0 Å². The summed E-state index contributed by atoms with van der Waals surface area (Å²) in [6.07, 6.45) is 0.887. The normalized spacial score (nSPS) is 24.5. The van der Waals surface area contributed by atoms with Crippen LogP contribution in [0.5, 0.6) is 11.5 Å². The van der Waals surface area contributed by atoms with E-state index in [-0.39, 0.29) is 16.7 Å². The van der Waals surface area contributed by atoms with Gasteiger partial charge in [-0.15, -0.1) is 23.5 Å². The lowest BCUT2D eigenvalue weighted by molar-refractivity contribution is -0.149. The Balaban J connectivity index is 2.10. The molecule has 1 fully saturated rings. The second-order valence-corrected chi connectivity index (χ2v) is 9.18. The summed E-state index contributed by atoms with van der Waals surface area (Å²) >= 11 is 3.64. The van der Waals surface area contributed by atoms with E-state index < -0.39 is 5.60 Å². The maximum atomic E-state index is 11.2. The number of hydrogen-bond donors (Lipinski definition) is 1. The van der Waals surface area contributed by atoms with Crippen LogP contribution in [0.25, 0.3) is 0 Å².